The molecule has 21 heavy (non-hydrogen) atoms. The van der Waals surface area contributed by atoms with E-state index >= 15 is 0 Å². The van der Waals surface area contributed by atoms with E-state index in [0.717, 1.165) is 20.6 Å². The zero-order valence-electron chi connectivity index (χ0n) is 10.2. The minimum atomic E-state index is -4.41. The van der Waals surface area contributed by atoms with Gasteiger partial charge in [-0.3, -0.25) is 0 Å². The summed E-state index contributed by atoms with van der Waals surface area (Å²) in [6.45, 7) is 0. The molecular formula is C14H7Br4F3. The standard InChI is InChI=1S/C14H7Br4F3/c15-7-2-4-12(17)10(5-7)13(18)9-3-1-8(16)6-11(9)14(19,20)21/h1-6,13H. The molecule has 2 aromatic carbocycles. The van der Waals surface area contributed by atoms with Crippen molar-refractivity contribution in [2.45, 2.75) is 11.0 Å². The third-order valence-electron chi connectivity index (χ3n) is 2.82. The second kappa shape index (κ2) is 6.72. The Morgan fingerprint density at radius 1 is 0.810 bits per heavy atom. The molecule has 0 heterocycles. The SMILES string of the molecule is FC(F)(F)c1cc(Br)ccc1C(Br)c1cc(Br)ccc1Br. The van der Waals surface area contributed by atoms with Gasteiger partial charge in [0.2, 0.25) is 0 Å². The Morgan fingerprint density at radius 2 is 1.38 bits per heavy atom. The topological polar surface area (TPSA) is 0 Å². The Labute approximate surface area is 153 Å². The smallest absolute Gasteiger partial charge is 0.166 e. The van der Waals surface area contributed by atoms with Crippen LogP contribution in [0.15, 0.2) is 49.8 Å². The van der Waals surface area contributed by atoms with Crippen LogP contribution in [0.2, 0.25) is 0 Å². The highest BCUT2D eigenvalue weighted by Crippen LogP contribution is 2.43. The van der Waals surface area contributed by atoms with Crippen molar-refractivity contribution in [1.29, 1.82) is 0 Å². The van der Waals surface area contributed by atoms with Crippen LogP contribution in [0.25, 0.3) is 0 Å². The predicted octanol–water partition coefficient (Wildman–Crippen LogP) is 7.48. The van der Waals surface area contributed by atoms with Crippen LogP contribution in [0.3, 0.4) is 0 Å². The molecule has 0 bridgehead atoms. The molecule has 0 saturated carbocycles. The number of benzene rings is 2. The first kappa shape index (κ1) is 17.5. The molecule has 112 valence electrons. The fourth-order valence-corrected chi connectivity index (χ4v) is 4.17. The predicted molar refractivity (Wildman–Crippen MR) is 91.8 cm³/mol. The highest BCUT2D eigenvalue weighted by atomic mass is 79.9. The molecule has 7 heteroatoms. The maximum atomic E-state index is 13.2. The summed E-state index contributed by atoms with van der Waals surface area (Å²) in [5, 5.41) is 0. The van der Waals surface area contributed by atoms with E-state index in [1.54, 1.807) is 18.2 Å². The Balaban J connectivity index is 2.58. The zero-order chi connectivity index (χ0) is 15.8. The first-order valence-electron chi connectivity index (χ1n) is 5.66. The number of halogens is 7. The molecular weight excluding hydrogens is 545 g/mol. The quantitative estimate of drug-likeness (QED) is 0.340. The van der Waals surface area contributed by atoms with E-state index in [9.17, 15) is 13.2 Å². The fourth-order valence-electron chi connectivity index (χ4n) is 1.87. The van der Waals surface area contributed by atoms with E-state index in [-0.39, 0.29) is 5.56 Å². The molecule has 0 nitrogen and oxygen atoms in total. The van der Waals surface area contributed by atoms with Gasteiger partial charge in [0.1, 0.15) is 0 Å². The van der Waals surface area contributed by atoms with Gasteiger partial charge in [-0.15, -0.1) is 0 Å². The lowest BCUT2D eigenvalue weighted by atomic mass is 9.99. The van der Waals surface area contributed by atoms with Gasteiger partial charge in [-0.2, -0.15) is 13.2 Å². The summed E-state index contributed by atoms with van der Waals surface area (Å²) in [6, 6.07) is 9.56. The Kier molecular flexibility index (Phi) is 5.60. The summed E-state index contributed by atoms with van der Waals surface area (Å²) in [5.74, 6) is 0. The van der Waals surface area contributed by atoms with Crippen molar-refractivity contribution < 1.29 is 13.2 Å². The summed E-state index contributed by atoms with van der Waals surface area (Å²) >= 11 is 13.2. The number of hydrogen-bond donors (Lipinski definition) is 0. The van der Waals surface area contributed by atoms with E-state index < -0.39 is 16.6 Å². The molecule has 0 aliphatic carbocycles. The van der Waals surface area contributed by atoms with Gasteiger partial charge in [0, 0.05) is 13.4 Å². The molecule has 1 atom stereocenters. The van der Waals surface area contributed by atoms with Gasteiger partial charge in [0.25, 0.3) is 0 Å². The molecule has 0 fully saturated rings. The number of rotatable bonds is 2. The maximum Gasteiger partial charge on any atom is 0.416 e. The Hall–Kier alpha value is 0.150. The highest BCUT2D eigenvalue weighted by Gasteiger charge is 2.35. The van der Waals surface area contributed by atoms with Gasteiger partial charge < -0.3 is 0 Å². The lowest BCUT2D eigenvalue weighted by molar-refractivity contribution is -0.138. The third-order valence-corrected chi connectivity index (χ3v) is 5.52. The van der Waals surface area contributed by atoms with E-state index in [2.05, 4.69) is 63.7 Å². The average Bonchev–Trinajstić information content (AvgIpc) is 2.40. The summed E-state index contributed by atoms with van der Waals surface area (Å²) in [5.41, 5.74) is 0.229. The molecule has 0 N–H and O–H groups in total. The summed E-state index contributed by atoms with van der Waals surface area (Å²) < 4.78 is 41.6. The Bertz CT molecular complexity index is 668. The van der Waals surface area contributed by atoms with Crippen LogP contribution in [-0.4, -0.2) is 0 Å². The van der Waals surface area contributed by atoms with Crippen molar-refractivity contribution in [2.24, 2.45) is 0 Å². The van der Waals surface area contributed by atoms with Gasteiger partial charge in [-0.1, -0.05) is 69.8 Å². The highest BCUT2D eigenvalue weighted by molar-refractivity contribution is 9.11. The van der Waals surface area contributed by atoms with Gasteiger partial charge >= 0.3 is 6.18 Å². The minimum absolute atomic E-state index is 0.171. The van der Waals surface area contributed by atoms with Gasteiger partial charge in [-0.05, 0) is 41.5 Å². The second-order valence-electron chi connectivity index (χ2n) is 4.26. The molecule has 0 aliphatic heterocycles. The van der Waals surface area contributed by atoms with Crippen molar-refractivity contribution in [2.75, 3.05) is 0 Å². The first-order valence-corrected chi connectivity index (χ1v) is 8.95. The van der Waals surface area contributed by atoms with Crippen molar-refractivity contribution in [3.05, 3.63) is 66.5 Å². The lowest BCUT2D eigenvalue weighted by Crippen LogP contribution is -2.11. The normalized spacial score (nSPS) is 13.3. The molecule has 0 aliphatic rings. The van der Waals surface area contributed by atoms with E-state index in [0.29, 0.717) is 4.47 Å². The summed E-state index contributed by atoms with van der Waals surface area (Å²) in [6.07, 6.45) is -4.41. The number of alkyl halides is 4. The minimum Gasteiger partial charge on any atom is -0.166 e. The lowest BCUT2D eigenvalue weighted by Gasteiger charge is -2.19. The van der Waals surface area contributed by atoms with Crippen LogP contribution in [0.5, 0.6) is 0 Å². The van der Waals surface area contributed by atoms with Crippen molar-refractivity contribution in [3.8, 4) is 0 Å². The Morgan fingerprint density at radius 3 is 2.00 bits per heavy atom. The molecule has 1 unspecified atom stereocenters. The largest absolute Gasteiger partial charge is 0.416 e. The molecule has 2 rings (SSSR count). The van der Waals surface area contributed by atoms with E-state index in [1.165, 1.54) is 6.07 Å². The third kappa shape index (κ3) is 4.12. The molecule has 2 aromatic rings. The van der Waals surface area contributed by atoms with E-state index in [1.807, 2.05) is 6.07 Å². The first-order chi connectivity index (χ1) is 9.70. The fraction of sp³-hybridized carbons (Fsp3) is 0.143. The van der Waals surface area contributed by atoms with Crippen molar-refractivity contribution >= 4 is 63.7 Å². The van der Waals surface area contributed by atoms with Crippen LogP contribution in [0.4, 0.5) is 13.2 Å². The number of hydrogen-bond acceptors (Lipinski definition) is 0. The van der Waals surface area contributed by atoms with Gasteiger partial charge in [-0.25, -0.2) is 0 Å². The van der Waals surface area contributed by atoms with Crippen LogP contribution in [-0.2, 0) is 6.18 Å². The van der Waals surface area contributed by atoms with Gasteiger partial charge in [0.15, 0.2) is 0 Å². The van der Waals surface area contributed by atoms with Crippen LogP contribution >= 0.6 is 63.7 Å². The molecule has 0 spiro atoms. The second-order valence-corrected chi connectivity index (χ2v) is 7.86. The molecule has 0 saturated heterocycles. The molecule has 0 radical (unpaired) electrons. The van der Waals surface area contributed by atoms with Crippen molar-refractivity contribution in [3.63, 3.8) is 0 Å². The summed E-state index contributed by atoms with van der Waals surface area (Å²) in [4.78, 5) is -0.575. The van der Waals surface area contributed by atoms with Crippen LogP contribution in [0, 0.1) is 0 Å². The van der Waals surface area contributed by atoms with Crippen LogP contribution in [0.1, 0.15) is 21.5 Å². The monoisotopic (exact) mass is 548 g/mol. The zero-order valence-corrected chi connectivity index (χ0v) is 16.5. The van der Waals surface area contributed by atoms with Crippen LogP contribution < -0.4 is 0 Å². The maximum absolute atomic E-state index is 13.2. The van der Waals surface area contributed by atoms with E-state index in [4.69, 9.17) is 0 Å². The molecule has 0 amide bonds. The summed E-state index contributed by atoms with van der Waals surface area (Å²) in [7, 11) is 0. The average molecular weight is 552 g/mol. The van der Waals surface area contributed by atoms with Gasteiger partial charge in [0.05, 0.1) is 10.4 Å². The van der Waals surface area contributed by atoms with Crippen molar-refractivity contribution in [1.82, 2.24) is 0 Å². The molecule has 0 aromatic heterocycles.